The van der Waals surface area contributed by atoms with Crippen molar-refractivity contribution in [1.29, 1.82) is 0 Å². The Hall–Kier alpha value is -2.16. The molecule has 1 amide bonds. The van der Waals surface area contributed by atoms with Gasteiger partial charge >= 0.3 is 0 Å². The fourth-order valence-electron chi connectivity index (χ4n) is 4.63. The van der Waals surface area contributed by atoms with Gasteiger partial charge < -0.3 is 19.3 Å². The summed E-state index contributed by atoms with van der Waals surface area (Å²) in [5.41, 5.74) is 2.47. The average Bonchev–Trinajstić information content (AvgIpc) is 3.34. The molecule has 0 spiro atoms. The number of carbonyl (C=O) groups is 1. The van der Waals surface area contributed by atoms with Crippen LogP contribution in [0, 0.1) is 5.92 Å². The number of amides is 1. The number of benzene rings is 1. The summed E-state index contributed by atoms with van der Waals surface area (Å²) in [7, 11) is 0. The minimum atomic E-state index is 0.0865. The first kappa shape index (κ1) is 19.8. The number of rotatable bonds is 5. The lowest BCUT2D eigenvalue weighted by Gasteiger charge is -2.29. The lowest BCUT2D eigenvalue weighted by Crippen LogP contribution is -3.28. The van der Waals surface area contributed by atoms with Crippen LogP contribution in [0.3, 0.4) is 0 Å². The highest BCUT2D eigenvalue weighted by molar-refractivity contribution is 7.15. The van der Waals surface area contributed by atoms with Crippen LogP contribution >= 0.6 is 11.3 Å². The SMILES string of the molecule is C[C@@H]1CCc2nc(NC(=O)C[NH+]3CC[NH+](Cc4ccc5c(c4)OCO5)CC3)sc2C1. The number of hydrogen-bond acceptors (Lipinski definition) is 5. The molecule has 2 aliphatic heterocycles. The van der Waals surface area contributed by atoms with E-state index < -0.39 is 0 Å². The molecule has 1 aliphatic carbocycles. The minimum Gasteiger partial charge on any atom is -0.454 e. The Morgan fingerprint density at radius 2 is 2.00 bits per heavy atom. The van der Waals surface area contributed by atoms with Crippen LogP contribution in [0.25, 0.3) is 0 Å². The molecule has 2 aromatic rings. The third-order valence-electron chi connectivity index (χ3n) is 6.40. The summed E-state index contributed by atoms with van der Waals surface area (Å²) >= 11 is 1.66. The van der Waals surface area contributed by atoms with E-state index in [-0.39, 0.29) is 5.91 Å². The number of nitrogens with one attached hydrogen (secondary N) is 3. The van der Waals surface area contributed by atoms with Gasteiger partial charge in [0.05, 0.1) is 5.69 Å². The molecule has 1 saturated heterocycles. The van der Waals surface area contributed by atoms with Crippen LogP contribution in [-0.2, 0) is 24.2 Å². The fraction of sp³-hybridized carbons (Fsp3) is 0.545. The maximum absolute atomic E-state index is 12.5. The van der Waals surface area contributed by atoms with Gasteiger partial charge in [0.1, 0.15) is 32.7 Å². The Morgan fingerprint density at radius 3 is 2.87 bits per heavy atom. The van der Waals surface area contributed by atoms with Crippen LogP contribution in [0.15, 0.2) is 18.2 Å². The van der Waals surface area contributed by atoms with Gasteiger partial charge in [-0.1, -0.05) is 6.92 Å². The molecule has 160 valence electrons. The quantitative estimate of drug-likeness (QED) is 0.621. The van der Waals surface area contributed by atoms with Gasteiger partial charge in [0.15, 0.2) is 23.2 Å². The lowest BCUT2D eigenvalue weighted by atomic mass is 9.93. The van der Waals surface area contributed by atoms with Crippen LogP contribution in [0.2, 0.25) is 0 Å². The third-order valence-corrected chi connectivity index (χ3v) is 7.43. The van der Waals surface area contributed by atoms with E-state index in [4.69, 9.17) is 9.47 Å². The molecule has 1 atom stereocenters. The van der Waals surface area contributed by atoms with Crippen molar-refractivity contribution < 1.29 is 24.1 Å². The van der Waals surface area contributed by atoms with Crippen LogP contribution in [0.5, 0.6) is 11.5 Å². The number of carbonyl (C=O) groups excluding carboxylic acids is 1. The summed E-state index contributed by atoms with van der Waals surface area (Å²) in [6.07, 6.45) is 3.34. The van der Waals surface area contributed by atoms with E-state index in [1.165, 1.54) is 27.5 Å². The molecule has 7 nitrogen and oxygen atoms in total. The summed E-state index contributed by atoms with van der Waals surface area (Å²) in [4.78, 5) is 21.5. The van der Waals surface area contributed by atoms with E-state index in [0.717, 1.165) is 68.1 Å². The van der Waals surface area contributed by atoms with Crippen molar-refractivity contribution in [3.8, 4) is 11.5 Å². The first-order chi connectivity index (χ1) is 14.6. The summed E-state index contributed by atoms with van der Waals surface area (Å²) in [5.74, 6) is 2.50. The summed E-state index contributed by atoms with van der Waals surface area (Å²) in [5, 5.41) is 3.83. The first-order valence-electron chi connectivity index (χ1n) is 11.0. The van der Waals surface area contributed by atoms with Gasteiger partial charge in [-0.15, -0.1) is 11.3 Å². The Kier molecular flexibility index (Phi) is 5.62. The Balaban J connectivity index is 1.08. The van der Waals surface area contributed by atoms with Crippen molar-refractivity contribution in [2.75, 3.05) is 44.8 Å². The monoisotopic (exact) mass is 430 g/mol. The van der Waals surface area contributed by atoms with Crippen molar-refractivity contribution in [1.82, 2.24) is 4.98 Å². The summed E-state index contributed by atoms with van der Waals surface area (Å²) < 4.78 is 10.9. The van der Waals surface area contributed by atoms with Crippen molar-refractivity contribution in [2.45, 2.75) is 32.7 Å². The molecule has 0 bridgehead atoms. The summed E-state index contributed by atoms with van der Waals surface area (Å²) in [6.45, 7) is 8.29. The van der Waals surface area contributed by atoms with E-state index in [1.54, 1.807) is 16.2 Å². The number of ether oxygens (including phenoxy) is 2. The van der Waals surface area contributed by atoms with Gasteiger partial charge in [-0.25, -0.2) is 4.98 Å². The topological polar surface area (TPSA) is 69.3 Å². The normalized spacial score (nSPS) is 25.0. The molecular formula is C22H30N4O3S+2. The van der Waals surface area contributed by atoms with Gasteiger partial charge in [0, 0.05) is 10.4 Å². The van der Waals surface area contributed by atoms with Crippen molar-refractivity contribution in [2.24, 2.45) is 5.92 Å². The van der Waals surface area contributed by atoms with Gasteiger partial charge in [-0.05, 0) is 43.4 Å². The van der Waals surface area contributed by atoms with Crippen molar-refractivity contribution in [3.63, 3.8) is 0 Å². The number of nitrogens with zero attached hydrogens (tertiary/aromatic N) is 1. The number of quaternary nitrogens is 2. The molecule has 0 radical (unpaired) electrons. The predicted molar refractivity (Wildman–Crippen MR) is 114 cm³/mol. The molecule has 3 N–H and O–H groups in total. The highest BCUT2D eigenvalue weighted by atomic mass is 32.1. The van der Waals surface area contributed by atoms with E-state index in [9.17, 15) is 4.79 Å². The highest BCUT2D eigenvalue weighted by Crippen LogP contribution is 2.33. The number of hydrogen-bond donors (Lipinski definition) is 3. The number of aryl methyl sites for hydroxylation is 1. The number of aromatic nitrogens is 1. The second-order valence-corrected chi connectivity index (χ2v) is 9.91. The fourth-order valence-corrected chi connectivity index (χ4v) is 5.82. The molecule has 8 heteroatoms. The molecule has 1 aromatic carbocycles. The number of fused-ring (bicyclic) bond motifs is 2. The standard InChI is InChI=1S/C22H28N4O3S/c1-15-2-4-17-20(10-15)30-22(23-17)24-21(27)13-26-8-6-25(7-9-26)12-16-3-5-18-19(11-16)29-14-28-18/h3,5,11,15H,2,4,6-10,12-14H2,1H3,(H,23,24,27)/p+2/t15-/m1/s1. The zero-order chi connectivity index (χ0) is 20.5. The van der Waals surface area contributed by atoms with Crippen molar-refractivity contribution >= 4 is 22.4 Å². The molecule has 5 rings (SSSR count). The smallest absolute Gasteiger partial charge is 0.281 e. The lowest BCUT2D eigenvalue weighted by molar-refractivity contribution is -1.02. The number of anilines is 1. The zero-order valence-corrected chi connectivity index (χ0v) is 18.3. The Morgan fingerprint density at radius 1 is 1.20 bits per heavy atom. The number of piperazine rings is 1. The van der Waals surface area contributed by atoms with E-state index in [1.807, 2.05) is 6.07 Å². The van der Waals surface area contributed by atoms with Crippen LogP contribution in [0.4, 0.5) is 5.13 Å². The average molecular weight is 431 g/mol. The van der Waals surface area contributed by atoms with E-state index in [0.29, 0.717) is 13.3 Å². The predicted octanol–water partition coefficient (Wildman–Crippen LogP) is -0.0813. The van der Waals surface area contributed by atoms with Gasteiger partial charge in [0.25, 0.3) is 5.91 Å². The molecule has 1 aromatic heterocycles. The highest BCUT2D eigenvalue weighted by Gasteiger charge is 2.26. The molecular weight excluding hydrogens is 400 g/mol. The Labute approximate surface area is 181 Å². The zero-order valence-electron chi connectivity index (χ0n) is 17.5. The van der Waals surface area contributed by atoms with Gasteiger partial charge in [-0.2, -0.15) is 0 Å². The molecule has 3 aliphatic rings. The number of thiazole rings is 1. The maximum Gasteiger partial charge on any atom is 0.281 e. The largest absolute Gasteiger partial charge is 0.454 e. The van der Waals surface area contributed by atoms with Crippen LogP contribution < -0.4 is 24.6 Å². The maximum atomic E-state index is 12.5. The Bertz CT molecular complexity index is 923. The van der Waals surface area contributed by atoms with Crippen molar-refractivity contribution in [3.05, 3.63) is 34.3 Å². The summed E-state index contributed by atoms with van der Waals surface area (Å²) in [6, 6.07) is 6.22. The first-order valence-corrected chi connectivity index (χ1v) is 11.8. The van der Waals surface area contributed by atoms with Gasteiger partial charge in [-0.3, -0.25) is 10.1 Å². The van der Waals surface area contributed by atoms with Crippen LogP contribution in [-0.4, -0.2) is 50.4 Å². The molecule has 0 unspecified atom stereocenters. The second-order valence-electron chi connectivity index (χ2n) is 8.83. The molecule has 0 saturated carbocycles. The van der Waals surface area contributed by atoms with Gasteiger partial charge in [0.2, 0.25) is 6.79 Å². The minimum absolute atomic E-state index is 0.0865. The van der Waals surface area contributed by atoms with E-state index >= 15 is 0 Å². The third kappa shape index (κ3) is 4.45. The van der Waals surface area contributed by atoms with E-state index in [2.05, 4.69) is 29.4 Å². The molecule has 3 heterocycles. The molecule has 30 heavy (non-hydrogen) atoms. The second kappa shape index (κ2) is 8.53. The molecule has 1 fully saturated rings. The van der Waals surface area contributed by atoms with Crippen LogP contribution in [0.1, 0.15) is 29.5 Å².